The molecule has 0 aromatic carbocycles. The lowest BCUT2D eigenvalue weighted by atomic mass is 10.3. The van der Waals surface area contributed by atoms with E-state index in [0.29, 0.717) is 0 Å². The summed E-state index contributed by atoms with van der Waals surface area (Å²) >= 11 is 0. The van der Waals surface area contributed by atoms with Gasteiger partial charge in [0.15, 0.2) is 0 Å². The number of allylic oxidation sites excluding steroid dienone is 1. The Hall–Kier alpha value is -1.11. The molecule has 0 saturated heterocycles. The molecule has 0 aliphatic carbocycles. The zero-order chi connectivity index (χ0) is 7.40. The number of hydrogen-bond acceptors (Lipinski definition) is 1. The third-order valence-electron chi connectivity index (χ3n) is 1.27. The summed E-state index contributed by atoms with van der Waals surface area (Å²) in [5.41, 5.74) is 2.22. The molecule has 0 unspecified atom stereocenters. The van der Waals surface area contributed by atoms with Gasteiger partial charge in [0.2, 0.25) is 0 Å². The second-order valence-electron chi connectivity index (χ2n) is 2.26. The third-order valence-corrected chi connectivity index (χ3v) is 1.27. The van der Waals surface area contributed by atoms with E-state index in [1.807, 2.05) is 38.3 Å². The quantitative estimate of drug-likeness (QED) is 0.573. The minimum absolute atomic E-state index is 1.02. The Morgan fingerprint density at radius 2 is 2.20 bits per heavy atom. The van der Waals surface area contributed by atoms with E-state index in [1.165, 1.54) is 5.56 Å². The number of hydrogen-bond donors (Lipinski definition) is 0. The first kappa shape index (κ1) is 7.00. The van der Waals surface area contributed by atoms with Gasteiger partial charge in [-0.3, -0.25) is 4.98 Å². The maximum Gasteiger partial charge on any atom is 0.0626 e. The van der Waals surface area contributed by atoms with Crippen molar-refractivity contribution in [3.63, 3.8) is 0 Å². The van der Waals surface area contributed by atoms with Gasteiger partial charge < -0.3 is 0 Å². The molecular formula is C9H11N. The van der Waals surface area contributed by atoms with Crippen LogP contribution in [0.3, 0.4) is 0 Å². The second-order valence-corrected chi connectivity index (χ2v) is 2.26. The normalized spacial score (nSPS) is 10.6. The van der Waals surface area contributed by atoms with Crippen molar-refractivity contribution in [1.29, 1.82) is 0 Å². The molecule has 0 N–H and O–H groups in total. The highest BCUT2D eigenvalue weighted by Gasteiger charge is 1.84. The van der Waals surface area contributed by atoms with E-state index in [1.54, 1.807) is 0 Å². The van der Waals surface area contributed by atoms with Gasteiger partial charge in [-0.1, -0.05) is 12.1 Å². The summed E-state index contributed by atoms with van der Waals surface area (Å²) in [4.78, 5) is 4.18. The van der Waals surface area contributed by atoms with E-state index in [2.05, 4.69) is 11.1 Å². The summed E-state index contributed by atoms with van der Waals surface area (Å²) in [5, 5.41) is 0. The maximum absolute atomic E-state index is 4.18. The van der Waals surface area contributed by atoms with Crippen molar-refractivity contribution in [1.82, 2.24) is 4.98 Å². The molecule has 0 spiro atoms. The third kappa shape index (κ3) is 1.69. The average Bonchev–Trinajstić information content (AvgIpc) is 1.95. The van der Waals surface area contributed by atoms with Crippen molar-refractivity contribution >= 4 is 6.08 Å². The summed E-state index contributed by atoms with van der Waals surface area (Å²) in [6, 6.07) is 4.07. The van der Waals surface area contributed by atoms with Gasteiger partial charge in [-0.2, -0.15) is 0 Å². The van der Waals surface area contributed by atoms with Crippen LogP contribution in [0, 0.1) is 6.92 Å². The fourth-order valence-electron chi connectivity index (χ4n) is 0.749. The molecule has 1 nitrogen and oxygen atoms in total. The molecule has 0 atom stereocenters. The molecule has 1 rings (SSSR count). The highest BCUT2D eigenvalue weighted by molar-refractivity contribution is 5.43. The molecule has 1 aromatic rings. The highest BCUT2D eigenvalue weighted by atomic mass is 14.7. The van der Waals surface area contributed by atoms with Gasteiger partial charge in [-0.15, -0.1) is 0 Å². The molecule has 1 heterocycles. The lowest BCUT2D eigenvalue weighted by Gasteiger charge is -1.91. The van der Waals surface area contributed by atoms with E-state index >= 15 is 0 Å². The monoisotopic (exact) mass is 133 g/mol. The number of aromatic nitrogens is 1. The molecule has 0 amide bonds. The summed E-state index contributed by atoms with van der Waals surface area (Å²) in [7, 11) is 0. The molecule has 0 bridgehead atoms. The van der Waals surface area contributed by atoms with Crippen LogP contribution in [0.15, 0.2) is 24.4 Å². The van der Waals surface area contributed by atoms with Gasteiger partial charge in [0, 0.05) is 6.20 Å². The zero-order valence-electron chi connectivity index (χ0n) is 6.33. The summed E-state index contributed by atoms with van der Waals surface area (Å²) in [5.74, 6) is 0. The van der Waals surface area contributed by atoms with Crippen molar-refractivity contribution in [3.8, 4) is 0 Å². The van der Waals surface area contributed by atoms with E-state index in [-0.39, 0.29) is 0 Å². The van der Waals surface area contributed by atoms with E-state index in [4.69, 9.17) is 0 Å². The molecular weight excluding hydrogens is 122 g/mol. The molecule has 52 valence electrons. The molecule has 0 radical (unpaired) electrons. The molecule has 0 saturated carbocycles. The van der Waals surface area contributed by atoms with Crippen LogP contribution in [0.2, 0.25) is 0 Å². The molecule has 1 heteroatoms. The number of rotatable bonds is 1. The van der Waals surface area contributed by atoms with Crippen molar-refractivity contribution in [2.75, 3.05) is 0 Å². The molecule has 0 aliphatic heterocycles. The predicted octanol–water partition coefficient (Wildman–Crippen LogP) is 2.42. The zero-order valence-corrected chi connectivity index (χ0v) is 6.33. The van der Waals surface area contributed by atoms with Crippen LogP contribution >= 0.6 is 0 Å². The lowest BCUT2D eigenvalue weighted by Crippen LogP contribution is -1.79. The van der Waals surface area contributed by atoms with Gasteiger partial charge in [-0.05, 0) is 31.6 Å². The Kier molecular flexibility index (Phi) is 2.21. The first-order chi connectivity index (χ1) is 4.83. The Balaban J connectivity index is 2.89. The Morgan fingerprint density at radius 1 is 1.40 bits per heavy atom. The van der Waals surface area contributed by atoms with Crippen LogP contribution in [0.25, 0.3) is 6.08 Å². The van der Waals surface area contributed by atoms with Crippen LogP contribution < -0.4 is 0 Å². The van der Waals surface area contributed by atoms with Gasteiger partial charge in [0.1, 0.15) is 0 Å². The van der Waals surface area contributed by atoms with Gasteiger partial charge >= 0.3 is 0 Å². The van der Waals surface area contributed by atoms with Crippen LogP contribution in [0.4, 0.5) is 0 Å². The second kappa shape index (κ2) is 3.16. The lowest BCUT2D eigenvalue weighted by molar-refractivity contribution is 1.24. The summed E-state index contributed by atoms with van der Waals surface area (Å²) in [6.07, 6.45) is 5.84. The van der Waals surface area contributed by atoms with Crippen molar-refractivity contribution < 1.29 is 0 Å². The van der Waals surface area contributed by atoms with Crippen LogP contribution in [-0.4, -0.2) is 4.98 Å². The van der Waals surface area contributed by atoms with Gasteiger partial charge in [-0.25, -0.2) is 0 Å². The predicted molar refractivity (Wildman–Crippen MR) is 43.7 cm³/mol. The first-order valence-corrected chi connectivity index (χ1v) is 3.38. The Morgan fingerprint density at radius 3 is 2.70 bits per heavy atom. The van der Waals surface area contributed by atoms with Crippen molar-refractivity contribution in [2.24, 2.45) is 0 Å². The average molecular weight is 133 g/mol. The first-order valence-electron chi connectivity index (χ1n) is 3.38. The van der Waals surface area contributed by atoms with Crippen molar-refractivity contribution in [2.45, 2.75) is 13.8 Å². The smallest absolute Gasteiger partial charge is 0.0626 e. The summed E-state index contributed by atoms with van der Waals surface area (Å²) < 4.78 is 0. The van der Waals surface area contributed by atoms with Crippen LogP contribution in [0.5, 0.6) is 0 Å². The highest BCUT2D eigenvalue weighted by Crippen LogP contribution is 1.99. The Bertz CT molecular complexity index is 221. The van der Waals surface area contributed by atoms with E-state index < -0.39 is 0 Å². The molecule has 1 aromatic heterocycles. The number of nitrogens with zero attached hydrogens (tertiary/aromatic N) is 1. The molecule has 0 fully saturated rings. The molecule has 10 heavy (non-hydrogen) atoms. The van der Waals surface area contributed by atoms with E-state index in [9.17, 15) is 0 Å². The summed E-state index contributed by atoms with van der Waals surface area (Å²) in [6.45, 7) is 4.02. The van der Waals surface area contributed by atoms with Crippen molar-refractivity contribution in [3.05, 3.63) is 35.7 Å². The fourth-order valence-corrected chi connectivity index (χ4v) is 0.749. The van der Waals surface area contributed by atoms with Gasteiger partial charge in [0.25, 0.3) is 0 Å². The standard InChI is InChI=1S/C9H11N/c1-3-4-9-6-5-8(2)7-10-9/h3-7H,1-2H3. The largest absolute Gasteiger partial charge is 0.257 e. The van der Waals surface area contributed by atoms with Crippen LogP contribution in [0.1, 0.15) is 18.2 Å². The minimum atomic E-state index is 1.02. The Labute approximate surface area is 61.4 Å². The number of aryl methyl sites for hydroxylation is 1. The van der Waals surface area contributed by atoms with E-state index in [0.717, 1.165) is 5.69 Å². The van der Waals surface area contributed by atoms with Crippen LogP contribution in [-0.2, 0) is 0 Å². The topological polar surface area (TPSA) is 12.9 Å². The number of pyridine rings is 1. The minimum Gasteiger partial charge on any atom is -0.257 e. The maximum atomic E-state index is 4.18. The SMILES string of the molecule is CC=Cc1ccc(C)cn1. The van der Waals surface area contributed by atoms with Gasteiger partial charge in [0.05, 0.1) is 5.69 Å². The molecule has 0 aliphatic rings. The fraction of sp³-hybridized carbons (Fsp3) is 0.222.